The molecule has 0 saturated heterocycles. The number of anilines is 3. The summed E-state index contributed by atoms with van der Waals surface area (Å²) >= 11 is 0. The van der Waals surface area contributed by atoms with Gasteiger partial charge in [-0.2, -0.15) is 0 Å². The molecule has 1 aromatic heterocycles. The molecule has 2 aromatic carbocycles. The Balaban J connectivity index is 1.45. The van der Waals surface area contributed by atoms with Crippen molar-refractivity contribution in [1.82, 2.24) is 4.98 Å². The van der Waals surface area contributed by atoms with Gasteiger partial charge in [-0.15, -0.1) is 0 Å². The number of benzene rings is 2. The van der Waals surface area contributed by atoms with E-state index in [0.717, 1.165) is 17.8 Å². The molecular weight excluding hydrogens is 375 g/mol. The second kappa shape index (κ2) is 7.10. The lowest BCUT2D eigenvalue weighted by molar-refractivity contribution is 0.102. The van der Waals surface area contributed by atoms with Crippen molar-refractivity contribution in [2.45, 2.75) is 0 Å². The van der Waals surface area contributed by atoms with E-state index in [9.17, 15) is 18.0 Å². The van der Waals surface area contributed by atoms with Crippen LogP contribution < -0.4 is 20.1 Å². The van der Waals surface area contributed by atoms with Crippen LogP contribution in [-0.2, 0) is 0 Å². The normalized spacial score (nSPS) is 12.0. The van der Waals surface area contributed by atoms with E-state index >= 15 is 0 Å². The largest absolute Gasteiger partial charge is 0.454 e. The summed E-state index contributed by atoms with van der Waals surface area (Å²) in [5.41, 5.74) is 0.815. The Morgan fingerprint density at radius 2 is 1.71 bits per heavy atom. The number of amides is 1. The van der Waals surface area contributed by atoms with Crippen molar-refractivity contribution in [2.75, 3.05) is 17.4 Å². The van der Waals surface area contributed by atoms with Crippen LogP contribution in [0.5, 0.6) is 11.5 Å². The number of carbonyl (C=O) groups is 1. The lowest BCUT2D eigenvalue weighted by Crippen LogP contribution is -2.15. The number of hydrogen-bond acceptors (Lipinski definition) is 5. The van der Waals surface area contributed by atoms with E-state index in [4.69, 9.17) is 9.47 Å². The van der Waals surface area contributed by atoms with Crippen LogP contribution in [0, 0.1) is 17.5 Å². The van der Waals surface area contributed by atoms with Crippen molar-refractivity contribution < 1.29 is 27.4 Å². The lowest BCUT2D eigenvalue weighted by Gasteiger charge is -2.09. The fourth-order valence-electron chi connectivity index (χ4n) is 2.55. The molecule has 9 heteroatoms. The minimum absolute atomic E-state index is 0.0274. The first-order valence-electron chi connectivity index (χ1n) is 8.09. The highest BCUT2D eigenvalue weighted by molar-refractivity contribution is 6.03. The minimum atomic E-state index is -1.66. The predicted octanol–water partition coefficient (Wildman–Crippen LogP) is 4.22. The van der Waals surface area contributed by atoms with Crippen LogP contribution in [0.3, 0.4) is 0 Å². The molecule has 0 spiro atoms. The predicted molar refractivity (Wildman–Crippen MR) is 94.4 cm³/mol. The molecule has 1 aliphatic rings. The highest BCUT2D eigenvalue weighted by Gasteiger charge is 2.17. The zero-order valence-corrected chi connectivity index (χ0v) is 14.1. The monoisotopic (exact) mass is 387 g/mol. The van der Waals surface area contributed by atoms with Crippen LogP contribution in [0.4, 0.5) is 30.2 Å². The molecule has 2 heterocycles. The average Bonchev–Trinajstić information content (AvgIpc) is 3.17. The van der Waals surface area contributed by atoms with Gasteiger partial charge in [-0.1, -0.05) is 0 Å². The Kier molecular flexibility index (Phi) is 4.48. The molecule has 0 radical (unpaired) electrons. The highest BCUT2D eigenvalue weighted by atomic mass is 19.2. The topological polar surface area (TPSA) is 72.5 Å². The zero-order valence-electron chi connectivity index (χ0n) is 14.1. The van der Waals surface area contributed by atoms with Gasteiger partial charge in [0.15, 0.2) is 29.0 Å². The lowest BCUT2D eigenvalue weighted by atomic mass is 10.2. The van der Waals surface area contributed by atoms with Crippen molar-refractivity contribution >= 4 is 23.0 Å². The first kappa shape index (κ1) is 17.7. The summed E-state index contributed by atoms with van der Waals surface area (Å²) in [4.78, 5) is 16.1. The molecule has 4 rings (SSSR count). The van der Waals surface area contributed by atoms with Crippen molar-refractivity contribution in [3.63, 3.8) is 0 Å². The summed E-state index contributed by atoms with van der Waals surface area (Å²) < 4.78 is 50.4. The van der Waals surface area contributed by atoms with E-state index < -0.39 is 29.0 Å². The quantitative estimate of drug-likeness (QED) is 0.656. The van der Waals surface area contributed by atoms with Crippen LogP contribution in [0.1, 0.15) is 10.5 Å². The molecular formula is C19H12F3N3O3. The van der Waals surface area contributed by atoms with Gasteiger partial charge in [-0.3, -0.25) is 4.79 Å². The SMILES string of the molecule is O=C(Nc1ccc(F)c(F)c1F)c1ccc(Nc2ccc3c(c2)OCO3)cn1. The molecule has 3 aromatic rings. The summed E-state index contributed by atoms with van der Waals surface area (Å²) in [5, 5.41) is 5.25. The van der Waals surface area contributed by atoms with E-state index in [1.54, 1.807) is 24.3 Å². The average molecular weight is 387 g/mol. The maximum atomic E-state index is 13.7. The van der Waals surface area contributed by atoms with E-state index in [1.165, 1.54) is 12.3 Å². The molecule has 0 fully saturated rings. The molecule has 0 saturated carbocycles. The van der Waals surface area contributed by atoms with E-state index in [0.29, 0.717) is 17.2 Å². The third-order valence-electron chi connectivity index (χ3n) is 3.94. The number of carbonyl (C=O) groups excluding carboxylic acids is 1. The number of nitrogens with zero attached hydrogens (tertiary/aromatic N) is 1. The standard InChI is InChI=1S/C19H12F3N3O3/c20-12-3-5-13(18(22)17(12)21)25-19(26)14-4-1-11(8-23-14)24-10-2-6-15-16(7-10)28-9-27-15/h1-8,24H,9H2,(H,25,26). The Morgan fingerprint density at radius 1 is 0.929 bits per heavy atom. The number of ether oxygens (including phenoxy) is 2. The molecule has 6 nitrogen and oxygen atoms in total. The first-order chi connectivity index (χ1) is 13.5. The van der Waals surface area contributed by atoms with Gasteiger partial charge in [0.05, 0.1) is 17.6 Å². The Labute approximate surface area is 156 Å². The van der Waals surface area contributed by atoms with Crippen LogP contribution in [0.2, 0.25) is 0 Å². The van der Waals surface area contributed by atoms with Gasteiger partial charge >= 0.3 is 0 Å². The molecule has 0 unspecified atom stereocenters. The third kappa shape index (κ3) is 3.41. The van der Waals surface area contributed by atoms with Gasteiger partial charge in [0.2, 0.25) is 6.79 Å². The van der Waals surface area contributed by atoms with Gasteiger partial charge in [-0.05, 0) is 36.4 Å². The highest BCUT2D eigenvalue weighted by Crippen LogP contribution is 2.35. The fourth-order valence-corrected chi connectivity index (χ4v) is 2.55. The van der Waals surface area contributed by atoms with Crippen molar-refractivity contribution in [3.05, 3.63) is 71.8 Å². The van der Waals surface area contributed by atoms with Crippen molar-refractivity contribution in [2.24, 2.45) is 0 Å². The second-order valence-electron chi connectivity index (χ2n) is 5.80. The second-order valence-corrected chi connectivity index (χ2v) is 5.80. The first-order valence-corrected chi connectivity index (χ1v) is 8.09. The molecule has 1 amide bonds. The maximum absolute atomic E-state index is 13.7. The Hall–Kier alpha value is -3.75. The van der Waals surface area contributed by atoms with E-state index in [2.05, 4.69) is 15.6 Å². The van der Waals surface area contributed by atoms with Gasteiger partial charge in [-0.25, -0.2) is 18.2 Å². The zero-order chi connectivity index (χ0) is 19.7. The number of aromatic nitrogens is 1. The van der Waals surface area contributed by atoms with Crippen molar-refractivity contribution in [3.8, 4) is 11.5 Å². The summed E-state index contributed by atoms with van der Waals surface area (Å²) in [5.74, 6) is -3.97. The molecule has 142 valence electrons. The Morgan fingerprint density at radius 3 is 2.50 bits per heavy atom. The fraction of sp³-hybridized carbons (Fsp3) is 0.0526. The van der Waals surface area contributed by atoms with Gasteiger partial charge in [0.1, 0.15) is 5.69 Å². The molecule has 2 N–H and O–H groups in total. The van der Waals surface area contributed by atoms with Crippen LogP contribution >= 0.6 is 0 Å². The minimum Gasteiger partial charge on any atom is -0.454 e. The number of fused-ring (bicyclic) bond motifs is 1. The molecule has 0 bridgehead atoms. The summed E-state index contributed by atoms with van der Waals surface area (Å²) in [7, 11) is 0. The van der Waals surface area contributed by atoms with Gasteiger partial charge < -0.3 is 20.1 Å². The van der Waals surface area contributed by atoms with Crippen LogP contribution in [0.25, 0.3) is 0 Å². The molecule has 1 aliphatic heterocycles. The van der Waals surface area contributed by atoms with Crippen LogP contribution in [0.15, 0.2) is 48.7 Å². The van der Waals surface area contributed by atoms with Crippen molar-refractivity contribution in [1.29, 1.82) is 0 Å². The number of hydrogen-bond donors (Lipinski definition) is 2. The molecule has 0 aliphatic carbocycles. The number of halogens is 3. The Bertz CT molecular complexity index is 1060. The third-order valence-corrected chi connectivity index (χ3v) is 3.94. The van der Waals surface area contributed by atoms with Gasteiger partial charge in [0, 0.05) is 11.8 Å². The van der Waals surface area contributed by atoms with Crippen LogP contribution in [-0.4, -0.2) is 17.7 Å². The van der Waals surface area contributed by atoms with E-state index in [-0.39, 0.29) is 12.5 Å². The summed E-state index contributed by atoms with van der Waals surface area (Å²) in [6.45, 7) is 0.169. The summed E-state index contributed by atoms with van der Waals surface area (Å²) in [6.07, 6.45) is 1.40. The molecule has 0 atom stereocenters. The maximum Gasteiger partial charge on any atom is 0.274 e. The smallest absolute Gasteiger partial charge is 0.274 e. The van der Waals surface area contributed by atoms with E-state index in [1.807, 2.05) is 0 Å². The summed E-state index contributed by atoms with van der Waals surface area (Å²) in [6, 6.07) is 9.96. The van der Waals surface area contributed by atoms with Gasteiger partial charge in [0.25, 0.3) is 5.91 Å². The number of nitrogens with one attached hydrogen (secondary N) is 2. The number of pyridine rings is 1. The number of rotatable bonds is 4. The molecule has 28 heavy (non-hydrogen) atoms.